The van der Waals surface area contributed by atoms with Crippen molar-refractivity contribution in [1.82, 2.24) is 5.32 Å². The number of carbonyl (C=O) groups excluding carboxylic acids is 1. The topological polar surface area (TPSA) is 78.9 Å². The van der Waals surface area contributed by atoms with Crippen molar-refractivity contribution in [3.05, 3.63) is 23.8 Å². The number of carboxylic acids is 1. The first-order valence-electron chi connectivity index (χ1n) is 7.13. The molecule has 1 aromatic carbocycles. The molecule has 1 saturated heterocycles. The van der Waals surface area contributed by atoms with Crippen LogP contribution < -0.4 is 15.0 Å². The highest BCUT2D eigenvalue weighted by Crippen LogP contribution is 2.36. The minimum Gasteiger partial charge on any atom is -0.489 e. The summed E-state index contributed by atoms with van der Waals surface area (Å²) >= 11 is 0. The molecule has 0 radical (unpaired) electrons. The second kappa shape index (κ2) is 5.37. The van der Waals surface area contributed by atoms with Crippen LogP contribution in [0.3, 0.4) is 0 Å². The van der Waals surface area contributed by atoms with Gasteiger partial charge in [-0.1, -0.05) is 13.0 Å². The molecule has 0 aromatic heterocycles. The van der Waals surface area contributed by atoms with Crippen molar-refractivity contribution in [3.8, 4) is 5.75 Å². The molecule has 0 spiro atoms. The fourth-order valence-electron chi connectivity index (χ4n) is 2.98. The Hall–Kier alpha value is -2.08. The second-order valence-electron chi connectivity index (χ2n) is 5.50. The Morgan fingerprint density at radius 1 is 1.43 bits per heavy atom. The van der Waals surface area contributed by atoms with Gasteiger partial charge in [0.15, 0.2) is 5.75 Å². The molecule has 2 heterocycles. The Labute approximate surface area is 122 Å². The average Bonchev–Trinajstić information content (AvgIpc) is 2.91. The molecule has 2 aliphatic rings. The van der Waals surface area contributed by atoms with Crippen molar-refractivity contribution in [2.75, 3.05) is 24.6 Å². The number of nitrogens with one attached hydrogen (secondary N) is 1. The number of carboxylic acid groups (broad SMARTS) is 1. The Kier molecular flexibility index (Phi) is 3.55. The third-order valence-electron chi connectivity index (χ3n) is 4.14. The first kappa shape index (κ1) is 13.9. The van der Waals surface area contributed by atoms with E-state index < -0.39 is 5.97 Å². The summed E-state index contributed by atoms with van der Waals surface area (Å²) in [4.78, 5) is 25.6. The SMILES string of the molecule is CC1CCNC1C(=O)N1CCOc2c(C(=O)O)cccc21. The van der Waals surface area contributed by atoms with Crippen LogP contribution in [-0.2, 0) is 4.79 Å². The van der Waals surface area contributed by atoms with E-state index in [1.165, 1.54) is 6.07 Å². The van der Waals surface area contributed by atoms with E-state index in [1.807, 2.05) is 0 Å². The quantitative estimate of drug-likeness (QED) is 0.853. The highest BCUT2D eigenvalue weighted by atomic mass is 16.5. The highest BCUT2D eigenvalue weighted by Gasteiger charge is 2.36. The number of aromatic carboxylic acids is 1. The van der Waals surface area contributed by atoms with Gasteiger partial charge in [0.2, 0.25) is 5.91 Å². The molecular weight excluding hydrogens is 272 g/mol. The van der Waals surface area contributed by atoms with E-state index in [2.05, 4.69) is 12.2 Å². The Morgan fingerprint density at radius 2 is 2.24 bits per heavy atom. The van der Waals surface area contributed by atoms with E-state index in [1.54, 1.807) is 17.0 Å². The molecule has 1 aromatic rings. The van der Waals surface area contributed by atoms with Gasteiger partial charge in [-0.25, -0.2) is 4.79 Å². The van der Waals surface area contributed by atoms with E-state index in [4.69, 9.17) is 4.74 Å². The number of hydrogen-bond acceptors (Lipinski definition) is 4. The predicted molar refractivity (Wildman–Crippen MR) is 76.8 cm³/mol. The van der Waals surface area contributed by atoms with Crippen LogP contribution >= 0.6 is 0 Å². The van der Waals surface area contributed by atoms with Crippen LogP contribution in [0.1, 0.15) is 23.7 Å². The van der Waals surface area contributed by atoms with E-state index in [0.29, 0.717) is 18.8 Å². The average molecular weight is 290 g/mol. The lowest BCUT2D eigenvalue weighted by Gasteiger charge is -2.32. The first-order chi connectivity index (χ1) is 10.1. The van der Waals surface area contributed by atoms with Crippen LogP contribution in [0.15, 0.2) is 18.2 Å². The Morgan fingerprint density at radius 3 is 2.90 bits per heavy atom. The van der Waals surface area contributed by atoms with Gasteiger partial charge in [-0.05, 0) is 31.0 Å². The largest absolute Gasteiger partial charge is 0.489 e. The Balaban J connectivity index is 1.95. The number of benzene rings is 1. The standard InChI is InChI=1S/C15H18N2O4/c1-9-5-6-16-12(9)14(18)17-7-8-21-13-10(15(19)20)3-2-4-11(13)17/h2-4,9,12,16H,5-8H2,1H3,(H,19,20). The van der Waals surface area contributed by atoms with Crippen LogP contribution in [0.2, 0.25) is 0 Å². The summed E-state index contributed by atoms with van der Waals surface area (Å²) < 4.78 is 5.49. The van der Waals surface area contributed by atoms with Gasteiger partial charge in [0, 0.05) is 0 Å². The van der Waals surface area contributed by atoms with Gasteiger partial charge in [-0.2, -0.15) is 0 Å². The molecule has 6 heteroatoms. The molecule has 6 nitrogen and oxygen atoms in total. The van der Waals surface area contributed by atoms with Crippen molar-refractivity contribution in [1.29, 1.82) is 0 Å². The molecular formula is C15H18N2O4. The van der Waals surface area contributed by atoms with Crippen molar-refractivity contribution >= 4 is 17.6 Å². The molecule has 2 N–H and O–H groups in total. The molecule has 1 fully saturated rings. The molecule has 112 valence electrons. The van der Waals surface area contributed by atoms with Crippen LogP contribution in [0, 0.1) is 5.92 Å². The normalized spacial score (nSPS) is 24.3. The fraction of sp³-hybridized carbons (Fsp3) is 0.467. The number of amides is 1. The predicted octanol–water partition coefficient (Wildman–Crippen LogP) is 1.11. The minimum atomic E-state index is -1.05. The number of nitrogens with zero attached hydrogens (tertiary/aromatic N) is 1. The zero-order valence-corrected chi connectivity index (χ0v) is 11.8. The number of hydrogen-bond donors (Lipinski definition) is 2. The zero-order chi connectivity index (χ0) is 15.0. The lowest BCUT2D eigenvalue weighted by molar-refractivity contribution is -0.121. The molecule has 3 rings (SSSR count). The number of carbonyl (C=O) groups is 2. The number of fused-ring (bicyclic) bond motifs is 1. The third-order valence-corrected chi connectivity index (χ3v) is 4.14. The van der Waals surface area contributed by atoms with Gasteiger partial charge in [-0.15, -0.1) is 0 Å². The van der Waals surface area contributed by atoms with Gasteiger partial charge in [0.25, 0.3) is 0 Å². The number of para-hydroxylation sites is 1. The summed E-state index contributed by atoms with van der Waals surface area (Å²) in [5, 5.41) is 12.4. The zero-order valence-electron chi connectivity index (χ0n) is 11.8. The summed E-state index contributed by atoms with van der Waals surface area (Å²) in [5.74, 6) is -0.484. The van der Waals surface area contributed by atoms with Crippen molar-refractivity contribution in [2.24, 2.45) is 5.92 Å². The van der Waals surface area contributed by atoms with E-state index >= 15 is 0 Å². The number of rotatable bonds is 2. The van der Waals surface area contributed by atoms with E-state index in [0.717, 1.165) is 13.0 Å². The number of ether oxygens (including phenoxy) is 1. The van der Waals surface area contributed by atoms with Gasteiger partial charge in [0.1, 0.15) is 12.2 Å². The third kappa shape index (κ3) is 2.35. The molecule has 2 atom stereocenters. The van der Waals surface area contributed by atoms with Gasteiger partial charge >= 0.3 is 5.97 Å². The van der Waals surface area contributed by atoms with E-state index in [-0.39, 0.29) is 29.2 Å². The molecule has 2 unspecified atom stereocenters. The Bertz CT molecular complexity index is 587. The van der Waals surface area contributed by atoms with Crippen LogP contribution in [0.4, 0.5) is 5.69 Å². The summed E-state index contributed by atoms with van der Waals surface area (Å²) in [5.41, 5.74) is 0.643. The summed E-state index contributed by atoms with van der Waals surface area (Å²) in [7, 11) is 0. The summed E-state index contributed by atoms with van der Waals surface area (Å²) in [6.07, 6.45) is 0.975. The lowest BCUT2D eigenvalue weighted by Crippen LogP contribution is -2.49. The number of anilines is 1. The second-order valence-corrected chi connectivity index (χ2v) is 5.50. The summed E-state index contributed by atoms with van der Waals surface area (Å²) in [6.45, 7) is 3.64. The molecule has 0 aliphatic carbocycles. The van der Waals surface area contributed by atoms with Crippen LogP contribution in [-0.4, -0.2) is 42.7 Å². The molecule has 1 amide bonds. The molecule has 0 saturated carbocycles. The van der Waals surface area contributed by atoms with Crippen LogP contribution in [0.5, 0.6) is 5.75 Å². The summed E-state index contributed by atoms with van der Waals surface area (Å²) in [6, 6.07) is 4.66. The van der Waals surface area contributed by atoms with Crippen LogP contribution in [0.25, 0.3) is 0 Å². The highest BCUT2D eigenvalue weighted by molar-refractivity contribution is 6.02. The van der Waals surface area contributed by atoms with Crippen molar-refractivity contribution in [2.45, 2.75) is 19.4 Å². The first-order valence-corrected chi connectivity index (χ1v) is 7.13. The minimum absolute atomic E-state index is 0.00733. The maximum atomic E-state index is 12.7. The molecule has 0 bridgehead atoms. The molecule has 2 aliphatic heterocycles. The maximum Gasteiger partial charge on any atom is 0.339 e. The maximum absolute atomic E-state index is 12.7. The van der Waals surface area contributed by atoms with Crippen molar-refractivity contribution < 1.29 is 19.4 Å². The lowest BCUT2D eigenvalue weighted by atomic mass is 10.0. The smallest absolute Gasteiger partial charge is 0.339 e. The van der Waals surface area contributed by atoms with Gasteiger partial charge in [-0.3, -0.25) is 4.79 Å². The fourth-order valence-corrected chi connectivity index (χ4v) is 2.98. The van der Waals surface area contributed by atoms with E-state index in [9.17, 15) is 14.7 Å². The van der Waals surface area contributed by atoms with Gasteiger partial charge < -0.3 is 20.1 Å². The monoisotopic (exact) mass is 290 g/mol. The van der Waals surface area contributed by atoms with Gasteiger partial charge in [0.05, 0.1) is 18.3 Å². The van der Waals surface area contributed by atoms with Crippen molar-refractivity contribution in [3.63, 3.8) is 0 Å². The molecule has 21 heavy (non-hydrogen) atoms.